The van der Waals surface area contributed by atoms with Crippen molar-refractivity contribution in [2.24, 2.45) is 0 Å². The molecule has 0 aromatic carbocycles. The molecule has 0 spiro atoms. The van der Waals surface area contributed by atoms with Crippen LogP contribution in [0.25, 0.3) is 0 Å². The molecule has 0 bridgehead atoms. The van der Waals surface area contributed by atoms with E-state index in [9.17, 15) is 4.79 Å². The summed E-state index contributed by atoms with van der Waals surface area (Å²) in [6.07, 6.45) is 2.42. The second-order valence-electron chi connectivity index (χ2n) is 2.02. The molecule has 0 atom stereocenters. The minimum atomic E-state index is 0.407. The molecule has 4 heteroatoms. The first kappa shape index (κ1) is 7.94. The van der Waals surface area contributed by atoms with Crippen LogP contribution in [-0.2, 0) is 11.5 Å². The van der Waals surface area contributed by atoms with Gasteiger partial charge in [-0.05, 0) is 13.0 Å². The standard InChI is InChI=1S/C7H10N2O2/c1-2-11-6-9-4-3-7(5-10)8-9/h3-5H,2,6H2,1H3. The number of carbonyl (C=O) groups is 1. The smallest absolute Gasteiger partial charge is 0.170 e. The maximum atomic E-state index is 10.2. The fraction of sp³-hybridized carbons (Fsp3) is 0.429. The molecule has 4 nitrogen and oxygen atoms in total. The lowest BCUT2D eigenvalue weighted by molar-refractivity contribution is 0.0788. The quantitative estimate of drug-likeness (QED) is 0.599. The van der Waals surface area contributed by atoms with Gasteiger partial charge in [-0.2, -0.15) is 5.10 Å². The van der Waals surface area contributed by atoms with E-state index in [1.807, 2.05) is 6.92 Å². The van der Waals surface area contributed by atoms with Crippen LogP contribution in [0.4, 0.5) is 0 Å². The van der Waals surface area contributed by atoms with E-state index in [-0.39, 0.29) is 0 Å². The monoisotopic (exact) mass is 154 g/mol. The van der Waals surface area contributed by atoms with Crippen molar-refractivity contribution < 1.29 is 9.53 Å². The van der Waals surface area contributed by atoms with Gasteiger partial charge in [-0.3, -0.25) is 4.79 Å². The first-order valence-electron chi connectivity index (χ1n) is 3.43. The Morgan fingerprint density at radius 3 is 3.18 bits per heavy atom. The molecule has 11 heavy (non-hydrogen) atoms. The van der Waals surface area contributed by atoms with Crippen molar-refractivity contribution in [1.29, 1.82) is 0 Å². The van der Waals surface area contributed by atoms with Crippen LogP contribution in [0.5, 0.6) is 0 Å². The van der Waals surface area contributed by atoms with Gasteiger partial charge in [0.15, 0.2) is 6.29 Å². The predicted molar refractivity (Wildman–Crippen MR) is 39.2 cm³/mol. The summed E-state index contributed by atoms with van der Waals surface area (Å²) in [5.41, 5.74) is 0.435. The van der Waals surface area contributed by atoms with E-state index in [1.54, 1.807) is 16.9 Å². The summed E-state index contributed by atoms with van der Waals surface area (Å²) in [6, 6.07) is 1.64. The molecule has 0 fully saturated rings. The highest BCUT2D eigenvalue weighted by atomic mass is 16.5. The van der Waals surface area contributed by atoms with Crippen LogP contribution in [0.3, 0.4) is 0 Å². The number of carbonyl (C=O) groups excluding carboxylic acids is 1. The van der Waals surface area contributed by atoms with Crippen molar-refractivity contribution in [1.82, 2.24) is 9.78 Å². The highest BCUT2D eigenvalue weighted by Crippen LogP contribution is 1.91. The molecule has 0 radical (unpaired) electrons. The first-order chi connectivity index (χ1) is 5.36. The van der Waals surface area contributed by atoms with Gasteiger partial charge in [0.05, 0.1) is 0 Å². The maximum Gasteiger partial charge on any atom is 0.170 e. The summed E-state index contributed by atoms with van der Waals surface area (Å²) in [4.78, 5) is 10.2. The lowest BCUT2D eigenvalue weighted by atomic mass is 10.5. The fourth-order valence-electron chi connectivity index (χ4n) is 0.697. The van der Waals surface area contributed by atoms with Gasteiger partial charge in [0.2, 0.25) is 0 Å². The lowest BCUT2D eigenvalue weighted by Gasteiger charge is -1.98. The SMILES string of the molecule is CCOCn1ccc(C=O)n1. The molecular formula is C7H10N2O2. The summed E-state index contributed by atoms with van der Waals surface area (Å²) in [5, 5.41) is 3.89. The van der Waals surface area contributed by atoms with Gasteiger partial charge in [-0.1, -0.05) is 0 Å². The Labute approximate surface area is 64.8 Å². The van der Waals surface area contributed by atoms with Crippen LogP contribution in [0, 0.1) is 0 Å². The van der Waals surface area contributed by atoms with Gasteiger partial charge >= 0.3 is 0 Å². The molecule has 0 aliphatic rings. The van der Waals surface area contributed by atoms with Gasteiger partial charge in [0.1, 0.15) is 12.4 Å². The van der Waals surface area contributed by atoms with E-state index in [4.69, 9.17) is 4.74 Å². The van der Waals surface area contributed by atoms with Gasteiger partial charge in [-0.25, -0.2) is 4.68 Å². The van der Waals surface area contributed by atoms with Crippen molar-refractivity contribution in [3.8, 4) is 0 Å². The lowest BCUT2D eigenvalue weighted by Crippen LogP contribution is -2.02. The molecule has 0 N–H and O–H groups in total. The number of hydrogen-bond acceptors (Lipinski definition) is 3. The topological polar surface area (TPSA) is 44.1 Å². The van der Waals surface area contributed by atoms with Crippen LogP contribution < -0.4 is 0 Å². The van der Waals surface area contributed by atoms with Crippen LogP contribution in [0.2, 0.25) is 0 Å². The molecule has 1 heterocycles. The Balaban J connectivity index is 2.51. The summed E-state index contributed by atoms with van der Waals surface area (Å²) in [5.74, 6) is 0. The van der Waals surface area contributed by atoms with Crippen LogP contribution in [-0.4, -0.2) is 22.7 Å². The third-order valence-electron chi connectivity index (χ3n) is 1.21. The molecule has 1 aromatic heterocycles. The summed E-state index contributed by atoms with van der Waals surface area (Å²) in [6.45, 7) is 2.96. The molecule has 0 aliphatic heterocycles. The van der Waals surface area contributed by atoms with Gasteiger partial charge < -0.3 is 4.74 Å². The highest BCUT2D eigenvalue weighted by Gasteiger charge is 1.94. The zero-order valence-electron chi connectivity index (χ0n) is 6.36. The van der Waals surface area contributed by atoms with Crippen molar-refractivity contribution >= 4 is 6.29 Å². The molecule has 0 amide bonds. The normalized spacial score (nSPS) is 9.91. The second kappa shape index (κ2) is 3.88. The number of aromatic nitrogens is 2. The van der Waals surface area contributed by atoms with Crippen molar-refractivity contribution in [2.75, 3.05) is 6.61 Å². The van der Waals surface area contributed by atoms with Crippen molar-refractivity contribution in [3.05, 3.63) is 18.0 Å². The number of rotatable bonds is 4. The van der Waals surface area contributed by atoms with E-state index in [1.165, 1.54) is 0 Å². The zero-order chi connectivity index (χ0) is 8.10. The van der Waals surface area contributed by atoms with E-state index < -0.39 is 0 Å². The molecular weight excluding hydrogens is 144 g/mol. The van der Waals surface area contributed by atoms with E-state index in [0.717, 1.165) is 0 Å². The molecule has 1 aromatic rings. The van der Waals surface area contributed by atoms with E-state index >= 15 is 0 Å². The second-order valence-corrected chi connectivity index (χ2v) is 2.02. The van der Waals surface area contributed by atoms with Crippen LogP contribution in [0.1, 0.15) is 17.4 Å². The number of ether oxygens (including phenoxy) is 1. The average Bonchev–Trinajstić information content (AvgIpc) is 2.48. The Morgan fingerprint density at radius 1 is 1.82 bits per heavy atom. The maximum absolute atomic E-state index is 10.2. The van der Waals surface area contributed by atoms with Crippen LogP contribution >= 0.6 is 0 Å². The van der Waals surface area contributed by atoms with Gasteiger partial charge in [0.25, 0.3) is 0 Å². The molecule has 60 valence electrons. The van der Waals surface area contributed by atoms with Gasteiger partial charge in [-0.15, -0.1) is 0 Å². The molecule has 0 unspecified atom stereocenters. The predicted octanol–water partition coefficient (Wildman–Crippen LogP) is 0.690. The molecule has 0 aliphatic carbocycles. The third-order valence-corrected chi connectivity index (χ3v) is 1.21. The summed E-state index contributed by atoms with van der Waals surface area (Å²) < 4.78 is 6.64. The minimum Gasteiger partial charge on any atom is -0.360 e. The van der Waals surface area contributed by atoms with Crippen LogP contribution in [0.15, 0.2) is 12.3 Å². The Kier molecular flexibility index (Phi) is 2.80. The van der Waals surface area contributed by atoms with Gasteiger partial charge in [0, 0.05) is 12.8 Å². The number of hydrogen-bond donors (Lipinski definition) is 0. The molecule has 0 saturated heterocycles. The summed E-state index contributed by atoms with van der Waals surface area (Å²) in [7, 11) is 0. The van der Waals surface area contributed by atoms with E-state index in [0.29, 0.717) is 25.3 Å². The highest BCUT2D eigenvalue weighted by molar-refractivity contribution is 5.71. The average molecular weight is 154 g/mol. The third kappa shape index (κ3) is 2.16. The fourth-order valence-corrected chi connectivity index (χ4v) is 0.697. The molecule has 1 rings (SSSR count). The Morgan fingerprint density at radius 2 is 2.64 bits per heavy atom. The minimum absolute atomic E-state index is 0.407. The number of aldehydes is 1. The van der Waals surface area contributed by atoms with Crippen molar-refractivity contribution in [3.63, 3.8) is 0 Å². The van der Waals surface area contributed by atoms with Crippen molar-refractivity contribution in [2.45, 2.75) is 13.7 Å². The largest absolute Gasteiger partial charge is 0.360 e. The number of nitrogens with zero attached hydrogens (tertiary/aromatic N) is 2. The summed E-state index contributed by atoms with van der Waals surface area (Å²) >= 11 is 0. The van der Waals surface area contributed by atoms with E-state index in [2.05, 4.69) is 5.10 Å². The zero-order valence-corrected chi connectivity index (χ0v) is 6.36. The first-order valence-corrected chi connectivity index (χ1v) is 3.43. The molecule has 0 saturated carbocycles. The Bertz CT molecular complexity index is 232. The Hall–Kier alpha value is -1.16.